The highest BCUT2D eigenvalue weighted by Gasteiger charge is 2.31. The Kier molecular flexibility index (Phi) is 4.66. The molecule has 1 aliphatic rings. The number of anilines is 1. The summed E-state index contributed by atoms with van der Waals surface area (Å²) in [6.45, 7) is 2.43. The molecule has 2 aromatic carbocycles. The molecule has 0 aliphatic carbocycles. The van der Waals surface area contributed by atoms with Crippen molar-refractivity contribution in [3.8, 4) is 11.1 Å². The zero-order chi connectivity index (χ0) is 14.1. The van der Waals surface area contributed by atoms with Crippen LogP contribution >= 0.6 is 12.4 Å². The fraction of sp³-hybridized carbons (Fsp3) is 0.235. The molecule has 0 spiro atoms. The van der Waals surface area contributed by atoms with Crippen LogP contribution < -0.4 is 10.2 Å². The Hall–Kier alpha value is -1.84. The fourth-order valence-corrected chi connectivity index (χ4v) is 2.95. The van der Waals surface area contributed by atoms with Crippen molar-refractivity contribution in [1.29, 1.82) is 0 Å². The highest BCUT2D eigenvalue weighted by molar-refractivity contribution is 6.02. The number of carbonyl (C=O) groups is 1. The second-order valence-electron chi connectivity index (χ2n) is 5.07. The van der Waals surface area contributed by atoms with E-state index in [1.165, 1.54) is 11.1 Å². The molecule has 0 bridgehead atoms. The molecule has 21 heavy (non-hydrogen) atoms. The second kappa shape index (κ2) is 6.29. The fourth-order valence-electron chi connectivity index (χ4n) is 2.95. The van der Waals surface area contributed by atoms with Crippen molar-refractivity contribution >= 4 is 24.0 Å². The minimum Gasteiger partial charge on any atom is -0.311 e. The molecule has 3 rings (SSSR count). The van der Waals surface area contributed by atoms with Crippen molar-refractivity contribution < 1.29 is 4.79 Å². The zero-order valence-corrected chi connectivity index (χ0v) is 13.0. The molecule has 0 radical (unpaired) electrons. The summed E-state index contributed by atoms with van der Waals surface area (Å²) in [7, 11) is 1.80. The number of para-hydroxylation sites is 1. The van der Waals surface area contributed by atoms with Crippen molar-refractivity contribution in [2.45, 2.75) is 13.0 Å². The molecule has 0 saturated carbocycles. The Morgan fingerprint density at radius 2 is 1.71 bits per heavy atom. The molecule has 1 N–H and O–H groups in total. The predicted octanol–water partition coefficient (Wildman–Crippen LogP) is 3.40. The van der Waals surface area contributed by atoms with Crippen molar-refractivity contribution in [3.05, 3.63) is 54.1 Å². The van der Waals surface area contributed by atoms with Gasteiger partial charge in [0.05, 0.1) is 18.3 Å². The van der Waals surface area contributed by atoms with Crippen LogP contribution in [0.15, 0.2) is 48.5 Å². The third-order valence-corrected chi connectivity index (χ3v) is 3.85. The molecule has 4 heteroatoms. The third kappa shape index (κ3) is 2.55. The first kappa shape index (κ1) is 15.5. The van der Waals surface area contributed by atoms with Crippen LogP contribution in [0.1, 0.15) is 18.5 Å². The number of hydrogen-bond acceptors (Lipinski definition) is 2. The van der Waals surface area contributed by atoms with Crippen LogP contribution in [0.2, 0.25) is 0 Å². The zero-order valence-electron chi connectivity index (χ0n) is 12.2. The maximum absolute atomic E-state index is 12.4. The molecule has 1 aliphatic heterocycles. The smallest absolute Gasteiger partial charge is 0.241 e. The monoisotopic (exact) mass is 302 g/mol. The van der Waals surface area contributed by atoms with Crippen LogP contribution in [-0.4, -0.2) is 19.5 Å². The number of benzene rings is 2. The molecule has 1 heterocycles. The van der Waals surface area contributed by atoms with E-state index < -0.39 is 0 Å². The van der Waals surface area contributed by atoms with E-state index in [4.69, 9.17) is 0 Å². The summed E-state index contributed by atoms with van der Waals surface area (Å²) in [6.07, 6.45) is 0. The Bertz CT molecular complexity index is 657. The van der Waals surface area contributed by atoms with Gasteiger partial charge in [-0.25, -0.2) is 0 Å². The van der Waals surface area contributed by atoms with Gasteiger partial charge in [-0.2, -0.15) is 0 Å². The van der Waals surface area contributed by atoms with Crippen LogP contribution in [-0.2, 0) is 4.79 Å². The summed E-state index contributed by atoms with van der Waals surface area (Å²) in [6, 6.07) is 16.5. The summed E-state index contributed by atoms with van der Waals surface area (Å²) in [5, 5.41) is 2.95. The lowest BCUT2D eigenvalue weighted by Gasteiger charge is -2.37. The second-order valence-corrected chi connectivity index (χ2v) is 5.07. The van der Waals surface area contributed by atoms with Gasteiger partial charge in [0.25, 0.3) is 0 Å². The molecular formula is C17H19ClN2O. The largest absolute Gasteiger partial charge is 0.311 e. The van der Waals surface area contributed by atoms with Gasteiger partial charge in [-0.3, -0.25) is 4.79 Å². The molecule has 2 aromatic rings. The minimum absolute atomic E-state index is 0. The van der Waals surface area contributed by atoms with Crippen molar-refractivity contribution in [2.24, 2.45) is 0 Å². The van der Waals surface area contributed by atoms with E-state index in [0.717, 1.165) is 11.3 Å². The molecule has 1 atom stereocenters. The first-order chi connectivity index (χ1) is 9.74. The van der Waals surface area contributed by atoms with E-state index >= 15 is 0 Å². The number of halogens is 1. The number of nitrogens with zero attached hydrogens (tertiary/aromatic N) is 1. The molecule has 1 unspecified atom stereocenters. The highest BCUT2D eigenvalue weighted by atomic mass is 35.5. The summed E-state index contributed by atoms with van der Waals surface area (Å²) in [5.41, 5.74) is 4.56. The van der Waals surface area contributed by atoms with Crippen LogP contribution in [0.4, 0.5) is 5.69 Å². The summed E-state index contributed by atoms with van der Waals surface area (Å²) >= 11 is 0. The van der Waals surface area contributed by atoms with E-state index in [1.54, 1.807) is 7.05 Å². The van der Waals surface area contributed by atoms with Crippen LogP contribution in [0.3, 0.4) is 0 Å². The number of fused-ring (bicyclic) bond motifs is 3. The Labute approximate surface area is 131 Å². The Morgan fingerprint density at radius 1 is 1.10 bits per heavy atom. The lowest BCUT2D eigenvalue weighted by molar-refractivity contribution is -0.118. The van der Waals surface area contributed by atoms with E-state index in [1.807, 2.05) is 35.2 Å². The number of nitrogens with one attached hydrogen (secondary N) is 1. The summed E-state index contributed by atoms with van der Waals surface area (Å²) in [4.78, 5) is 14.3. The summed E-state index contributed by atoms with van der Waals surface area (Å²) in [5.74, 6) is 0.0990. The number of likely N-dealkylation sites (N-methyl/N-ethyl adjacent to an activating group) is 1. The lowest BCUT2D eigenvalue weighted by Crippen LogP contribution is -2.40. The molecule has 1 amide bonds. The first-order valence-electron chi connectivity index (χ1n) is 6.89. The van der Waals surface area contributed by atoms with Gasteiger partial charge in [0.1, 0.15) is 0 Å². The Morgan fingerprint density at radius 3 is 2.43 bits per heavy atom. The average molecular weight is 303 g/mol. The lowest BCUT2D eigenvalue weighted by atomic mass is 9.89. The van der Waals surface area contributed by atoms with Crippen LogP contribution in [0, 0.1) is 0 Å². The topological polar surface area (TPSA) is 32.3 Å². The molecule has 0 fully saturated rings. The average Bonchev–Trinajstić information content (AvgIpc) is 2.48. The van der Waals surface area contributed by atoms with Crippen molar-refractivity contribution in [3.63, 3.8) is 0 Å². The quantitative estimate of drug-likeness (QED) is 0.922. The number of hydrogen-bond donors (Lipinski definition) is 1. The van der Waals surface area contributed by atoms with Crippen LogP contribution in [0.5, 0.6) is 0 Å². The van der Waals surface area contributed by atoms with E-state index in [9.17, 15) is 4.79 Å². The van der Waals surface area contributed by atoms with Gasteiger partial charge in [0, 0.05) is 5.56 Å². The van der Waals surface area contributed by atoms with E-state index in [0.29, 0.717) is 6.54 Å². The SMILES string of the molecule is CNCC(=O)N1c2ccccc2-c2ccccc2C1C.Cl. The summed E-state index contributed by atoms with van der Waals surface area (Å²) < 4.78 is 0. The van der Waals surface area contributed by atoms with Crippen molar-refractivity contribution in [1.82, 2.24) is 5.32 Å². The maximum Gasteiger partial charge on any atom is 0.241 e. The maximum atomic E-state index is 12.4. The van der Waals surface area contributed by atoms with Gasteiger partial charge in [0.15, 0.2) is 0 Å². The van der Waals surface area contributed by atoms with Gasteiger partial charge >= 0.3 is 0 Å². The minimum atomic E-state index is 0. The molecule has 110 valence electrons. The van der Waals surface area contributed by atoms with Crippen molar-refractivity contribution in [2.75, 3.05) is 18.5 Å². The van der Waals surface area contributed by atoms with Gasteiger partial charge in [-0.1, -0.05) is 42.5 Å². The normalized spacial score (nSPS) is 15.7. The number of carbonyl (C=O) groups excluding carboxylic acids is 1. The number of rotatable bonds is 2. The van der Waals surface area contributed by atoms with Crippen LogP contribution in [0.25, 0.3) is 11.1 Å². The Balaban J connectivity index is 0.00000161. The number of amides is 1. The van der Waals surface area contributed by atoms with E-state index in [2.05, 4.69) is 30.4 Å². The highest BCUT2D eigenvalue weighted by Crippen LogP contribution is 2.44. The van der Waals surface area contributed by atoms with Gasteiger partial charge in [0.2, 0.25) is 5.91 Å². The molecular weight excluding hydrogens is 284 g/mol. The molecule has 0 aromatic heterocycles. The van der Waals surface area contributed by atoms with E-state index in [-0.39, 0.29) is 24.4 Å². The van der Waals surface area contributed by atoms with Gasteiger partial charge < -0.3 is 10.2 Å². The third-order valence-electron chi connectivity index (χ3n) is 3.85. The standard InChI is InChI=1S/C17H18N2O.ClH/c1-12-13-7-3-4-8-14(13)15-9-5-6-10-16(15)19(12)17(20)11-18-2;/h3-10,12,18H,11H2,1-2H3;1H. The first-order valence-corrected chi connectivity index (χ1v) is 6.89. The van der Waals surface area contributed by atoms with Gasteiger partial charge in [-0.15, -0.1) is 12.4 Å². The predicted molar refractivity (Wildman–Crippen MR) is 89.0 cm³/mol. The molecule has 0 saturated heterocycles. The van der Waals surface area contributed by atoms with Gasteiger partial charge in [-0.05, 0) is 31.2 Å². The molecule has 3 nitrogen and oxygen atoms in total.